The maximum atomic E-state index is 12.1. The molecule has 0 aliphatic rings. The first-order valence-corrected chi connectivity index (χ1v) is 8.06. The van der Waals surface area contributed by atoms with E-state index in [2.05, 4.69) is 26.5 Å². The number of halogens is 1. The Kier molecular flexibility index (Phi) is 4.83. The molecule has 0 saturated carbocycles. The number of nitrogens with one attached hydrogen (secondary N) is 1. The van der Waals surface area contributed by atoms with Crippen LogP contribution in [0.5, 0.6) is 0 Å². The molecule has 0 atom stereocenters. The number of hydrogen-bond acceptors (Lipinski definition) is 2. The van der Waals surface area contributed by atoms with Crippen molar-refractivity contribution in [2.24, 2.45) is 5.10 Å². The van der Waals surface area contributed by atoms with Crippen LogP contribution in [-0.2, 0) is 11.2 Å². The van der Waals surface area contributed by atoms with Crippen LogP contribution in [0, 0.1) is 0 Å². The van der Waals surface area contributed by atoms with Crippen molar-refractivity contribution < 1.29 is 4.79 Å². The summed E-state index contributed by atoms with van der Waals surface area (Å²) in [5, 5.41) is 6.18. The van der Waals surface area contributed by atoms with Gasteiger partial charge in [0.05, 0.1) is 12.6 Å². The third-order valence-corrected chi connectivity index (χ3v) is 4.21. The SMILES string of the molecule is O=C(Cc1ccc(Br)c2ccccc12)N/N=C\c1ccccc1. The first-order chi connectivity index (χ1) is 11.2. The zero-order chi connectivity index (χ0) is 16.1. The summed E-state index contributed by atoms with van der Waals surface area (Å²) in [6, 6.07) is 21.6. The summed E-state index contributed by atoms with van der Waals surface area (Å²) < 4.78 is 1.03. The van der Waals surface area contributed by atoms with Gasteiger partial charge in [0.1, 0.15) is 0 Å². The number of nitrogens with zero attached hydrogens (tertiary/aromatic N) is 1. The second kappa shape index (κ2) is 7.20. The van der Waals surface area contributed by atoms with Gasteiger partial charge in [0, 0.05) is 4.47 Å². The molecular weight excluding hydrogens is 352 g/mol. The van der Waals surface area contributed by atoms with Gasteiger partial charge in [-0.05, 0) is 28.0 Å². The van der Waals surface area contributed by atoms with Crippen LogP contribution in [0.25, 0.3) is 10.8 Å². The molecule has 4 heteroatoms. The van der Waals surface area contributed by atoms with Gasteiger partial charge in [-0.25, -0.2) is 5.43 Å². The zero-order valence-corrected chi connectivity index (χ0v) is 14.0. The van der Waals surface area contributed by atoms with Crippen LogP contribution in [-0.4, -0.2) is 12.1 Å². The molecule has 3 aromatic carbocycles. The van der Waals surface area contributed by atoms with Crippen molar-refractivity contribution in [2.45, 2.75) is 6.42 Å². The van der Waals surface area contributed by atoms with Gasteiger partial charge in [0.25, 0.3) is 0 Å². The lowest BCUT2D eigenvalue weighted by Gasteiger charge is -2.07. The average molecular weight is 367 g/mol. The normalized spacial score (nSPS) is 11.0. The number of benzene rings is 3. The fourth-order valence-corrected chi connectivity index (χ4v) is 2.89. The molecule has 3 aromatic rings. The molecule has 0 aromatic heterocycles. The van der Waals surface area contributed by atoms with Crippen molar-refractivity contribution >= 4 is 38.8 Å². The number of carbonyl (C=O) groups is 1. The van der Waals surface area contributed by atoms with E-state index in [0.717, 1.165) is 26.4 Å². The predicted molar refractivity (Wildman–Crippen MR) is 97.5 cm³/mol. The molecule has 3 nitrogen and oxygen atoms in total. The highest BCUT2D eigenvalue weighted by Crippen LogP contribution is 2.27. The number of amides is 1. The Morgan fingerprint density at radius 3 is 2.43 bits per heavy atom. The molecule has 0 aliphatic heterocycles. The number of fused-ring (bicyclic) bond motifs is 1. The van der Waals surface area contributed by atoms with Gasteiger partial charge in [-0.3, -0.25) is 4.79 Å². The molecule has 0 fully saturated rings. The Morgan fingerprint density at radius 1 is 0.957 bits per heavy atom. The van der Waals surface area contributed by atoms with E-state index in [9.17, 15) is 4.79 Å². The monoisotopic (exact) mass is 366 g/mol. The Morgan fingerprint density at radius 2 is 1.65 bits per heavy atom. The third kappa shape index (κ3) is 3.85. The Hall–Kier alpha value is -2.46. The molecule has 0 saturated heterocycles. The first kappa shape index (κ1) is 15.4. The van der Waals surface area contributed by atoms with E-state index in [0.29, 0.717) is 6.42 Å². The molecule has 3 rings (SSSR count). The van der Waals surface area contributed by atoms with Crippen molar-refractivity contribution in [3.05, 3.63) is 82.3 Å². The minimum atomic E-state index is -0.135. The van der Waals surface area contributed by atoms with Gasteiger partial charge in [0.2, 0.25) is 5.91 Å². The summed E-state index contributed by atoms with van der Waals surface area (Å²) >= 11 is 3.54. The van der Waals surface area contributed by atoms with Gasteiger partial charge in [-0.2, -0.15) is 5.10 Å². The second-order valence-corrected chi connectivity index (χ2v) is 5.99. The minimum Gasteiger partial charge on any atom is -0.273 e. The molecular formula is C19H15BrN2O. The molecule has 23 heavy (non-hydrogen) atoms. The fourth-order valence-electron chi connectivity index (χ4n) is 2.41. The summed E-state index contributed by atoms with van der Waals surface area (Å²) in [5.41, 5.74) is 4.51. The summed E-state index contributed by atoms with van der Waals surface area (Å²) in [6.45, 7) is 0. The summed E-state index contributed by atoms with van der Waals surface area (Å²) in [4.78, 5) is 12.1. The zero-order valence-electron chi connectivity index (χ0n) is 12.4. The van der Waals surface area contributed by atoms with Gasteiger partial charge in [-0.15, -0.1) is 0 Å². The summed E-state index contributed by atoms with van der Waals surface area (Å²) in [5.74, 6) is -0.135. The van der Waals surface area contributed by atoms with Crippen LogP contribution in [0.1, 0.15) is 11.1 Å². The van der Waals surface area contributed by atoms with E-state index >= 15 is 0 Å². The highest BCUT2D eigenvalue weighted by atomic mass is 79.9. The van der Waals surface area contributed by atoms with Crippen LogP contribution >= 0.6 is 15.9 Å². The molecule has 1 amide bonds. The Labute approximate surface area is 143 Å². The van der Waals surface area contributed by atoms with E-state index in [-0.39, 0.29) is 5.91 Å². The molecule has 114 valence electrons. The van der Waals surface area contributed by atoms with E-state index in [1.165, 1.54) is 0 Å². The van der Waals surface area contributed by atoms with Crippen molar-refractivity contribution in [1.29, 1.82) is 0 Å². The molecule has 0 heterocycles. The van der Waals surface area contributed by atoms with Gasteiger partial charge in [-0.1, -0.05) is 76.6 Å². The van der Waals surface area contributed by atoms with E-state index in [1.807, 2.05) is 66.7 Å². The minimum absolute atomic E-state index is 0.135. The largest absolute Gasteiger partial charge is 0.273 e. The van der Waals surface area contributed by atoms with E-state index < -0.39 is 0 Å². The molecule has 0 unspecified atom stereocenters. The number of rotatable bonds is 4. The fraction of sp³-hybridized carbons (Fsp3) is 0.0526. The van der Waals surface area contributed by atoms with Crippen LogP contribution in [0.2, 0.25) is 0 Å². The second-order valence-electron chi connectivity index (χ2n) is 5.13. The molecule has 0 aliphatic carbocycles. The third-order valence-electron chi connectivity index (χ3n) is 3.51. The quantitative estimate of drug-likeness (QED) is 0.542. The Balaban J connectivity index is 1.71. The molecule has 0 spiro atoms. The number of hydrogen-bond donors (Lipinski definition) is 1. The van der Waals surface area contributed by atoms with Gasteiger partial charge >= 0.3 is 0 Å². The molecule has 1 N–H and O–H groups in total. The van der Waals surface area contributed by atoms with Crippen molar-refractivity contribution in [3.8, 4) is 0 Å². The van der Waals surface area contributed by atoms with Gasteiger partial charge < -0.3 is 0 Å². The van der Waals surface area contributed by atoms with Crippen molar-refractivity contribution in [3.63, 3.8) is 0 Å². The first-order valence-electron chi connectivity index (χ1n) is 7.27. The lowest BCUT2D eigenvalue weighted by Crippen LogP contribution is -2.19. The lowest BCUT2D eigenvalue weighted by atomic mass is 10.0. The van der Waals surface area contributed by atoms with Crippen LogP contribution in [0.4, 0.5) is 0 Å². The van der Waals surface area contributed by atoms with Gasteiger partial charge in [0.15, 0.2) is 0 Å². The van der Waals surface area contributed by atoms with E-state index in [4.69, 9.17) is 0 Å². The lowest BCUT2D eigenvalue weighted by molar-refractivity contribution is -0.120. The maximum Gasteiger partial charge on any atom is 0.244 e. The Bertz CT molecular complexity index is 860. The number of hydrazone groups is 1. The van der Waals surface area contributed by atoms with Crippen LogP contribution < -0.4 is 5.43 Å². The van der Waals surface area contributed by atoms with Crippen LogP contribution in [0.3, 0.4) is 0 Å². The van der Waals surface area contributed by atoms with Crippen molar-refractivity contribution in [2.75, 3.05) is 0 Å². The smallest absolute Gasteiger partial charge is 0.244 e. The highest BCUT2D eigenvalue weighted by molar-refractivity contribution is 9.10. The summed E-state index contributed by atoms with van der Waals surface area (Å²) in [7, 11) is 0. The van der Waals surface area contributed by atoms with Crippen molar-refractivity contribution in [1.82, 2.24) is 5.43 Å². The summed E-state index contributed by atoms with van der Waals surface area (Å²) in [6.07, 6.45) is 1.93. The average Bonchev–Trinajstić information content (AvgIpc) is 2.59. The highest BCUT2D eigenvalue weighted by Gasteiger charge is 2.08. The molecule has 0 bridgehead atoms. The van der Waals surface area contributed by atoms with E-state index in [1.54, 1.807) is 6.21 Å². The standard InChI is InChI=1S/C19H15BrN2O/c20-18-11-10-15(16-8-4-5-9-17(16)18)12-19(23)22-21-13-14-6-2-1-3-7-14/h1-11,13H,12H2,(H,22,23)/b21-13-. The predicted octanol–water partition coefficient (Wildman–Crippen LogP) is 4.30. The van der Waals surface area contributed by atoms with Crippen LogP contribution in [0.15, 0.2) is 76.3 Å². The number of carbonyl (C=O) groups excluding carboxylic acids is 1. The molecule has 0 radical (unpaired) electrons. The maximum absolute atomic E-state index is 12.1. The topological polar surface area (TPSA) is 41.5 Å².